The molecule has 6 nitrogen and oxygen atoms in total. The fourth-order valence-corrected chi connectivity index (χ4v) is 10.0. The highest BCUT2D eigenvalue weighted by Gasteiger charge is 2.32. The second-order valence-electron chi connectivity index (χ2n) is 15.4. The maximum atomic E-state index is 5.38. The third kappa shape index (κ3) is 6.17. The summed E-state index contributed by atoms with van der Waals surface area (Å²) in [7, 11) is 0. The van der Waals surface area contributed by atoms with E-state index in [1.165, 1.54) is 22.3 Å². The molecule has 0 saturated heterocycles. The van der Waals surface area contributed by atoms with Crippen LogP contribution in [0.3, 0.4) is 0 Å². The molecule has 0 aliphatic heterocycles. The van der Waals surface area contributed by atoms with Crippen molar-refractivity contribution in [1.82, 2.24) is 29.9 Å². The van der Waals surface area contributed by atoms with Crippen molar-refractivity contribution in [2.45, 2.75) is 5.92 Å². The third-order valence-electron chi connectivity index (χ3n) is 11.7. The molecule has 1 aliphatic rings. The lowest BCUT2D eigenvalue weighted by molar-refractivity contribution is 0.856. The lowest BCUT2D eigenvalue weighted by atomic mass is 9.96. The maximum Gasteiger partial charge on any atom is 0.165 e. The van der Waals surface area contributed by atoms with Crippen molar-refractivity contribution in [1.29, 1.82) is 0 Å². The van der Waals surface area contributed by atoms with Crippen LogP contribution in [0.25, 0.3) is 99.4 Å². The quantitative estimate of drug-likeness (QED) is 0.160. The summed E-state index contributed by atoms with van der Waals surface area (Å²) in [5.41, 5.74) is 11.8. The van der Waals surface area contributed by atoms with Crippen molar-refractivity contribution in [3.8, 4) is 79.2 Å². The summed E-state index contributed by atoms with van der Waals surface area (Å²) in [6, 6.07) is 69.2. The van der Waals surface area contributed by atoms with Crippen LogP contribution in [0, 0.1) is 0 Å². The summed E-state index contributed by atoms with van der Waals surface area (Å²) < 4.78 is 2.21. The molecule has 0 atom stereocenters. The average Bonchev–Trinajstić information content (AvgIpc) is 3.91. The highest BCUT2D eigenvalue weighted by atomic mass is 32.1. The SMILES string of the molecule is c1ccc(-c2ccc(-c3nc(-c4ccccc4)nc(-c4cccc5sc6c(-c7nc(-c8ccccc8)nc(C8c9ccccc9-c9ccccc98)n7)cccc6c45)n3)cc2)cc1. The van der Waals surface area contributed by atoms with E-state index in [0.29, 0.717) is 29.1 Å². The van der Waals surface area contributed by atoms with Crippen molar-refractivity contribution in [3.63, 3.8) is 0 Å². The maximum absolute atomic E-state index is 5.38. The number of benzene rings is 8. The minimum atomic E-state index is -0.133. The molecule has 0 saturated carbocycles. The fourth-order valence-electron chi connectivity index (χ4n) is 8.79. The molecule has 1 aliphatic carbocycles. The van der Waals surface area contributed by atoms with E-state index in [1.807, 2.05) is 54.6 Å². The zero-order valence-electron chi connectivity index (χ0n) is 33.2. The molecule has 12 rings (SSSR count). The number of rotatable bonds is 7. The highest BCUT2D eigenvalue weighted by molar-refractivity contribution is 7.26. The summed E-state index contributed by atoms with van der Waals surface area (Å²) in [6.07, 6.45) is 0. The summed E-state index contributed by atoms with van der Waals surface area (Å²) >= 11 is 1.74. The summed E-state index contributed by atoms with van der Waals surface area (Å²) in [5, 5.41) is 2.18. The standard InChI is InChI=1S/C55H34N6S/c1-4-16-34(17-5-1)35-30-32-38(33-31-35)52-56-50(36-18-6-2-7-19-36)57-53(58-52)44-27-15-29-46-47(44)43-26-14-28-45(49(43)62-46)54-59-51(37-20-8-3-9-21-37)60-55(61-54)48-41-24-12-10-22-39(41)40-23-11-13-25-42(40)48/h1-33,48H. The first-order valence-corrected chi connectivity index (χ1v) is 21.5. The first kappa shape index (κ1) is 35.9. The van der Waals surface area contributed by atoms with Gasteiger partial charge in [-0.25, -0.2) is 29.9 Å². The summed E-state index contributed by atoms with van der Waals surface area (Å²) in [5.74, 6) is 3.74. The molecule has 62 heavy (non-hydrogen) atoms. The van der Waals surface area contributed by atoms with E-state index < -0.39 is 0 Å². The first-order valence-electron chi connectivity index (χ1n) is 20.7. The third-order valence-corrected chi connectivity index (χ3v) is 12.9. The van der Waals surface area contributed by atoms with Gasteiger partial charge in [-0.05, 0) is 45.5 Å². The molecule has 7 heteroatoms. The molecular formula is C55H34N6S. The Morgan fingerprint density at radius 2 is 0.726 bits per heavy atom. The monoisotopic (exact) mass is 810 g/mol. The molecule has 3 heterocycles. The Bertz CT molecular complexity index is 3410. The van der Waals surface area contributed by atoms with E-state index in [2.05, 4.69) is 146 Å². The Hall–Kier alpha value is -8.00. The minimum Gasteiger partial charge on any atom is -0.212 e. The van der Waals surface area contributed by atoms with Gasteiger partial charge in [0.1, 0.15) is 5.82 Å². The van der Waals surface area contributed by atoms with Crippen molar-refractivity contribution < 1.29 is 0 Å². The first-order chi connectivity index (χ1) is 30.7. The van der Waals surface area contributed by atoms with Gasteiger partial charge in [0.2, 0.25) is 0 Å². The Balaban J connectivity index is 1.03. The molecule has 0 N–H and O–H groups in total. The zero-order chi connectivity index (χ0) is 41.0. The Labute approximate surface area is 362 Å². The van der Waals surface area contributed by atoms with Crippen LogP contribution in [-0.4, -0.2) is 29.9 Å². The Morgan fingerprint density at radius 3 is 1.35 bits per heavy atom. The number of fused-ring (bicyclic) bond motifs is 6. The lowest BCUT2D eigenvalue weighted by Crippen LogP contribution is -2.09. The van der Waals surface area contributed by atoms with Gasteiger partial charge in [-0.1, -0.05) is 188 Å². The van der Waals surface area contributed by atoms with Gasteiger partial charge in [-0.15, -0.1) is 11.3 Å². The molecule has 290 valence electrons. The largest absolute Gasteiger partial charge is 0.212 e. The van der Waals surface area contributed by atoms with Gasteiger partial charge in [0.25, 0.3) is 0 Å². The van der Waals surface area contributed by atoms with Crippen LogP contribution < -0.4 is 0 Å². The zero-order valence-corrected chi connectivity index (χ0v) is 34.0. The minimum absolute atomic E-state index is 0.133. The molecule has 0 fully saturated rings. The number of hydrogen-bond acceptors (Lipinski definition) is 7. The van der Waals surface area contributed by atoms with E-state index in [4.69, 9.17) is 29.9 Å². The molecule has 0 spiro atoms. The molecule has 0 bridgehead atoms. The van der Waals surface area contributed by atoms with Gasteiger partial charge >= 0.3 is 0 Å². The molecular weight excluding hydrogens is 777 g/mol. The number of aromatic nitrogens is 6. The van der Waals surface area contributed by atoms with Gasteiger partial charge in [-0.3, -0.25) is 0 Å². The second kappa shape index (κ2) is 14.9. The van der Waals surface area contributed by atoms with Crippen molar-refractivity contribution in [3.05, 3.63) is 217 Å². The van der Waals surface area contributed by atoms with Crippen LogP contribution in [0.15, 0.2) is 200 Å². The van der Waals surface area contributed by atoms with Gasteiger partial charge in [0, 0.05) is 48.0 Å². The smallest absolute Gasteiger partial charge is 0.165 e. The molecule has 0 radical (unpaired) electrons. The second-order valence-corrected chi connectivity index (χ2v) is 16.4. The predicted molar refractivity (Wildman–Crippen MR) is 252 cm³/mol. The van der Waals surface area contributed by atoms with Crippen LogP contribution in [0.5, 0.6) is 0 Å². The van der Waals surface area contributed by atoms with E-state index in [9.17, 15) is 0 Å². The topological polar surface area (TPSA) is 77.3 Å². The van der Waals surface area contributed by atoms with Crippen molar-refractivity contribution >= 4 is 31.5 Å². The van der Waals surface area contributed by atoms with E-state index in [-0.39, 0.29) is 5.92 Å². The molecule has 0 amide bonds. The van der Waals surface area contributed by atoms with Crippen LogP contribution >= 0.6 is 11.3 Å². The summed E-state index contributed by atoms with van der Waals surface area (Å²) in [4.78, 5) is 31.3. The van der Waals surface area contributed by atoms with Gasteiger partial charge in [-0.2, -0.15) is 0 Å². The van der Waals surface area contributed by atoms with E-state index in [1.54, 1.807) is 11.3 Å². The summed E-state index contributed by atoms with van der Waals surface area (Å²) in [6.45, 7) is 0. The number of nitrogens with zero attached hydrogens (tertiary/aromatic N) is 6. The van der Waals surface area contributed by atoms with Gasteiger partial charge < -0.3 is 0 Å². The van der Waals surface area contributed by atoms with E-state index >= 15 is 0 Å². The van der Waals surface area contributed by atoms with Crippen LogP contribution in [-0.2, 0) is 0 Å². The Morgan fingerprint density at radius 1 is 0.306 bits per heavy atom. The Kier molecular flexibility index (Phi) is 8.64. The molecule has 11 aromatic rings. The van der Waals surface area contributed by atoms with Crippen LogP contribution in [0.2, 0.25) is 0 Å². The molecule has 8 aromatic carbocycles. The van der Waals surface area contributed by atoms with E-state index in [0.717, 1.165) is 64.9 Å². The predicted octanol–water partition coefficient (Wildman–Crippen LogP) is 13.6. The lowest BCUT2D eigenvalue weighted by Gasteiger charge is -2.15. The van der Waals surface area contributed by atoms with Crippen molar-refractivity contribution in [2.75, 3.05) is 0 Å². The normalized spacial score (nSPS) is 12.1. The molecule has 0 unspecified atom stereocenters. The number of hydrogen-bond donors (Lipinski definition) is 0. The highest BCUT2D eigenvalue weighted by Crippen LogP contribution is 2.48. The van der Waals surface area contributed by atoms with Gasteiger partial charge in [0.05, 0.1) is 5.92 Å². The number of thiophene rings is 1. The molecule has 3 aromatic heterocycles. The van der Waals surface area contributed by atoms with Gasteiger partial charge in [0.15, 0.2) is 29.1 Å². The van der Waals surface area contributed by atoms with Crippen LogP contribution in [0.1, 0.15) is 22.9 Å². The average molecular weight is 811 g/mol. The fraction of sp³-hybridized carbons (Fsp3) is 0.0182. The van der Waals surface area contributed by atoms with Crippen molar-refractivity contribution in [2.24, 2.45) is 0 Å². The van der Waals surface area contributed by atoms with Crippen LogP contribution in [0.4, 0.5) is 0 Å².